The van der Waals surface area contributed by atoms with E-state index in [0.717, 1.165) is 37.3 Å². The summed E-state index contributed by atoms with van der Waals surface area (Å²) >= 11 is 0. The van der Waals surface area contributed by atoms with Gasteiger partial charge in [-0.05, 0) is 42.5 Å². The number of carbonyl (C=O) groups is 3. The Bertz CT molecular complexity index is 893. The Morgan fingerprint density at radius 3 is 2.25 bits per heavy atom. The molecule has 2 aromatic rings. The van der Waals surface area contributed by atoms with Gasteiger partial charge in [-0.3, -0.25) is 9.59 Å². The second-order valence-electron chi connectivity index (χ2n) is 5.47. The molecule has 0 saturated heterocycles. The lowest BCUT2D eigenvalue weighted by Crippen LogP contribution is -2.20. The van der Waals surface area contributed by atoms with Gasteiger partial charge < -0.3 is 19.9 Å². The predicted octanol–water partition coefficient (Wildman–Crippen LogP) is 3.35. The van der Waals surface area contributed by atoms with Gasteiger partial charge in [0.25, 0.3) is 5.91 Å². The van der Waals surface area contributed by atoms with Crippen LogP contribution in [0.1, 0.15) is 22.8 Å². The predicted molar refractivity (Wildman–Crippen MR) is 90.3 cm³/mol. The zero-order valence-corrected chi connectivity index (χ0v) is 14.4. The Hall–Kier alpha value is -3.56. The van der Waals surface area contributed by atoms with Gasteiger partial charge in [0, 0.05) is 12.6 Å². The van der Waals surface area contributed by atoms with E-state index in [4.69, 9.17) is 14.6 Å². The van der Waals surface area contributed by atoms with Gasteiger partial charge in [0.05, 0.1) is 5.56 Å². The molecule has 10 heteroatoms. The number of halogens is 3. The van der Waals surface area contributed by atoms with Crippen LogP contribution in [0.15, 0.2) is 42.5 Å². The number of benzene rings is 2. The molecule has 0 heterocycles. The van der Waals surface area contributed by atoms with Gasteiger partial charge in [0.2, 0.25) is 0 Å². The summed E-state index contributed by atoms with van der Waals surface area (Å²) in [5.41, 5.74) is -1.08. The average Bonchev–Trinajstić information content (AvgIpc) is 2.60. The highest BCUT2D eigenvalue weighted by Crippen LogP contribution is 2.30. The summed E-state index contributed by atoms with van der Waals surface area (Å²) in [5, 5.41) is 11.5. The van der Waals surface area contributed by atoms with E-state index in [9.17, 15) is 27.6 Å². The van der Waals surface area contributed by atoms with E-state index in [2.05, 4.69) is 5.32 Å². The molecule has 7 nitrogen and oxygen atoms in total. The first-order chi connectivity index (χ1) is 13.1. The third-order valence-corrected chi connectivity index (χ3v) is 3.30. The van der Waals surface area contributed by atoms with Crippen molar-refractivity contribution in [1.82, 2.24) is 0 Å². The number of carboxylic acids is 1. The lowest BCUT2D eigenvalue weighted by molar-refractivity contribution is -0.137. The quantitative estimate of drug-likeness (QED) is 0.573. The topological polar surface area (TPSA) is 102 Å². The number of nitrogens with one attached hydrogen (secondary N) is 1. The minimum Gasteiger partial charge on any atom is -0.484 e. The number of hydrogen-bond acceptors (Lipinski definition) is 5. The molecule has 0 radical (unpaired) electrons. The van der Waals surface area contributed by atoms with Crippen LogP contribution < -0.4 is 14.8 Å². The fraction of sp³-hybridized carbons (Fsp3) is 0.167. The molecule has 0 aliphatic heterocycles. The summed E-state index contributed by atoms with van der Waals surface area (Å²) in [6, 6.07) is 7.41. The van der Waals surface area contributed by atoms with Crippen LogP contribution in [0.25, 0.3) is 0 Å². The van der Waals surface area contributed by atoms with Crippen molar-refractivity contribution in [3.8, 4) is 11.5 Å². The number of alkyl halides is 3. The minimum atomic E-state index is -4.48. The van der Waals surface area contributed by atoms with Gasteiger partial charge in [-0.15, -0.1) is 0 Å². The maximum atomic E-state index is 12.5. The fourth-order valence-corrected chi connectivity index (χ4v) is 2.10. The molecule has 0 unspecified atom stereocenters. The second kappa shape index (κ2) is 8.42. The smallest absolute Gasteiger partial charge is 0.416 e. The van der Waals surface area contributed by atoms with Crippen LogP contribution in [0.4, 0.5) is 18.9 Å². The standard InChI is InChI=1S/C18H14F3NO6/c1-10(23)28-15-7-4-12(8-14(15)17(25)26)22-16(24)9-27-13-5-2-11(3-6-13)18(19,20)21/h2-8H,9H2,1H3,(H,22,24)(H,25,26). The third-order valence-electron chi connectivity index (χ3n) is 3.30. The summed E-state index contributed by atoms with van der Waals surface area (Å²) in [6.45, 7) is 0.597. The number of ether oxygens (including phenoxy) is 2. The molecule has 0 atom stereocenters. The first-order valence-corrected chi connectivity index (χ1v) is 7.72. The maximum absolute atomic E-state index is 12.5. The van der Waals surface area contributed by atoms with Crippen molar-refractivity contribution in [1.29, 1.82) is 0 Å². The molecular weight excluding hydrogens is 383 g/mol. The molecular formula is C18H14F3NO6. The number of carbonyl (C=O) groups excluding carboxylic acids is 2. The van der Waals surface area contributed by atoms with Crippen molar-refractivity contribution in [2.75, 3.05) is 11.9 Å². The van der Waals surface area contributed by atoms with Gasteiger partial charge in [-0.2, -0.15) is 13.2 Å². The molecule has 28 heavy (non-hydrogen) atoms. The molecule has 2 rings (SSSR count). The molecule has 2 aromatic carbocycles. The highest BCUT2D eigenvalue weighted by molar-refractivity contribution is 5.96. The monoisotopic (exact) mass is 397 g/mol. The van der Waals surface area contributed by atoms with E-state index >= 15 is 0 Å². The number of hydrogen-bond donors (Lipinski definition) is 2. The van der Waals surface area contributed by atoms with Crippen LogP contribution in [0.5, 0.6) is 11.5 Å². The molecule has 0 spiro atoms. The minimum absolute atomic E-state index is 0.0552. The van der Waals surface area contributed by atoms with Crippen LogP contribution in [0, 0.1) is 0 Å². The normalized spacial score (nSPS) is 10.9. The fourth-order valence-electron chi connectivity index (χ4n) is 2.10. The van der Waals surface area contributed by atoms with Crippen molar-refractivity contribution in [2.45, 2.75) is 13.1 Å². The lowest BCUT2D eigenvalue weighted by Gasteiger charge is -2.11. The van der Waals surface area contributed by atoms with Crippen LogP contribution in [0.2, 0.25) is 0 Å². The van der Waals surface area contributed by atoms with Crippen LogP contribution >= 0.6 is 0 Å². The van der Waals surface area contributed by atoms with Crippen molar-refractivity contribution < 1.29 is 42.1 Å². The molecule has 148 valence electrons. The first kappa shape index (κ1) is 20.7. The highest BCUT2D eigenvalue weighted by atomic mass is 19.4. The molecule has 1 amide bonds. The average molecular weight is 397 g/mol. The van der Waals surface area contributed by atoms with Gasteiger partial charge in [-0.25, -0.2) is 4.79 Å². The Morgan fingerprint density at radius 2 is 1.71 bits per heavy atom. The van der Waals surface area contributed by atoms with Crippen molar-refractivity contribution in [2.24, 2.45) is 0 Å². The Morgan fingerprint density at radius 1 is 1.07 bits per heavy atom. The SMILES string of the molecule is CC(=O)Oc1ccc(NC(=O)COc2ccc(C(F)(F)F)cc2)cc1C(=O)O. The Labute approximate surface area is 156 Å². The van der Waals surface area contributed by atoms with E-state index in [1.807, 2.05) is 0 Å². The number of amides is 1. The number of esters is 1. The maximum Gasteiger partial charge on any atom is 0.416 e. The Kier molecular flexibility index (Phi) is 6.24. The van der Waals surface area contributed by atoms with E-state index in [1.165, 1.54) is 12.1 Å². The van der Waals surface area contributed by atoms with Crippen LogP contribution in [-0.4, -0.2) is 29.6 Å². The van der Waals surface area contributed by atoms with Gasteiger partial charge in [0.1, 0.15) is 17.1 Å². The lowest BCUT2D eigenvalue weighted by atomic mass is 10.1. The van der Waals surface area contributed by atoms with E-state index in [-0.39, 0.29) is 22.7 Å². The van der Waals surface area contributed by atoms with Crippen molar-refractivity contribution in [3.05, 3.63) is 53.6 Å². The van der Waals surface area contributed by atoms with E-state index < -0.39 is 36.2 Å². The molecule has 0 bridgehead atoms. The second-order valence-corrected chi connectivity index (χ2v) is 5.47. The van der Waals surface area contributed by atoms with Gasteiger partial charge in [-0.1, -0.05) is 0 Å². The van der Waals surface area contributed by atoms with Crippen LogP contribution in [0.3, 0.4) is 0 Å². The molecule has 0 aromatic heterocycles. The zero-order chi connectivity index (χ0) is 20.9. The number of aromatic carboxylic acids is 1. The molecule has 0 fully saturated rings. The third kappa shape index (κ3) is 5.73. The molecule has 2 N–H and O–H groups in total. The number of rotatable bonds is 6. The van der Waals surface area contributed by atoms with E-state index in [0.29, 0.717) is 0 Å². The number of anilines is 1. The van der Waals surface area contributed by atoms with Gasteiger partial charge >= 0.3 is 18.1 Å². The van der Waals surface area contributed by atoms with Crippen molar-refractivity contribution >= 4 is 23.5 Å². The van der Waals surface area contributed by atoms with Crippen molar-refractivity contribution in [3.63, 3.8) is 0 Å². The summed E-state index contributed by atoms with van der Waals surface area (Å²) in [4.78, 5) is 34.1. The highest BCUT2D eigenvalue weighted by Gasteiger charge is 2.30. The van der Waals surface area contributed by atoms with Crippen LogP contribution in [-0.2, 0) is 15.8 Å². The number of carboxylic acid groups (broad SMARTS) is 1. The summed E-state index contributed by atoms with van der Waals surface area (Å²) in [5.74, 6) is -2.87. The zero-order valence-electron chi connectivity index (χ0n) is 14.4. The summed E-state index contributed by atoms with van der Waals surface area (Å²) in [6.07, 6.45) is -4.48. The molecule has 0 saturated carbocycles. The Balaban J connectivity index is 2.00. The molecule has 0 aliphatic carbocycles. The summed E-state index contributed by atoms with van der Waals surface area (Å²) < 4.78 is 47.3. The molecule has 0 aliphatic rings. The van der Waals surface area contributed by atoms with Gasteiger partial charge in [0.15, 0.2) is 6.61 Å². The first-order valence-electron chi connectivity index (χ1n) is 7.72. The summed E-state index contributed by atoms with van der Waals surface area (Å²) in [7, 11) is 0. The van der Waals surface area contributed by atoms with E-state index in [1.54, 1.807) is 0 Å². The largest absolute Gasteiger partial charge is 0.484 e.